The van der Waals surface area contributed by atoms with E-state index in [2.05, 4.69) is 9.08 Å². The summed E-state index contributed by atoms with van der Waals surface area (Å²) in [7, 11) is -2.64. The number of ether oxygens (including phenoxy) is 3. The quantitative estimate of drug-likeness (QED) is 0.295. The lowest BCUT2D eigenvalue weighted by molar-refractivity contribution is -0.324. The van der Waals surface area contributed by atoms with Crippen LogP contribution in [0.2, 0.25) is 0 Å². The van der Waals surface area contributed by atoms with E-state index in [9.17, 15) is 27.6 Å². The van der Waals surface area contributed by atoms with Gasteiger partial charge in [0, 0.05) is 42.8 Å². The third-order valence-electron chi connectivity index (χ3n) is 8.92. The van der Waals surface area contributed by atoms with E-state index in [1.54, 1.807) is 29.2 Å². The monoisotopic (exact) mass is 663 g/mol. The van der Waals surface area contributed by atoms with Crippen molar-refractivity contribution in [2.45, 2.75) is 82.4 Å². The molecule has 3 heterocycles. The van der Waals surface area contributed by atoms with Crippen LogP contribution < -0.4 is 5.14 Å². The summed E-state index contributed by atoms with van der Waals surface area (Å²) in [6.45, 7) is 1.14. The van der Waals surface area contributed by atoms with Gasteiger partial charge in [-0.05, 0) is 56.8 Å². The summed E-state index contributed by atoms with van der Waals surface area (Å²) in [5.41, 5.74) is 0.730. The zero-order valence-electron chi connectivity index (χ0n) is 25.7. The van der Waals surface area contributed by atoms with Crippen LogP contribution in [0.15, 0.2) is 48.1 Å². The Bertz CT molecular complexity index is 1490. The van der Waals surface area contributed by atoms with Gasteiger partial charge in [-0.15, -0.1) is 0 Å². The second-order valence-electron chi connectivity index (χ2n) is 12.0. The SMILES string of the molecule is CN1CCC[C@H]1CCN1C2Cc3ccccc3C1(OC(=O)/C=C(\CC1CCCCC1)C(=O)OS(N)(=O)=O)OC(=O)/C=C/C(=O)O2.O. The van der Waals surface area contributed by atoms with Gasteiger partial charge in [0.05, 0.1) is 5.56 Å². The first kappa shape index (κ1) is 35.2. The average Bonchev–Trinajstić information content (AvgIpc) is 3.40. The first-order valence-corrected chi connectivity index (χ1v) is 16.8. The van der Waals surface area contributed by atoms with Crippen LogP contribution in [0.25, 0.3) is 0 Å². The molecule has 0 amide bonds. The van der Waals surface area contributed by atoms with Gasteiger partial charge in [0.15, 0.2) is 6.23 Å². The molecule has 3 atom stereocenters. The summed E-state index contributed by atoms with van der Waals surface area (Å²) in [6.07, 6.45) is 9.07. The van der Waals surface area contributed by atoms with Crippen molar-refractivity contribution in [3.63, 3.8) is 0 Å². The van der Waals surface area contributed by atoms with Crippen molar-refractivity contribution in [3.8, 4) is 0 Å². The number of carbonyl (C=O) groups excluding carboxylic acids is 4. The van der Waals surface area contributed by atoms with Gasteiger partial charge in [-0.25, -0.2) is 19.2 Å². The summed E-state index contributed by atoms with van der Waals surface area (Å²) in [6, 6.07) is 7.08. The number of rotatable bonds is 9. The molecule has 14 nitrogen and oxygen atoms in total. The number of hydrogen-bond donors (Lipinski definition) is 1. The first-order chi connectivity index (χ1) is 21.4. The summed E-state index contributed by atoms with van der Waals surface area (Å²) in [5.74, 6) is -6.27. The van der Waals surface area contributed by atoms with Gasteiger partial charge in [-0.3, -0.25) is 0 Å². The van der Waals surface area contributed by atoms with Crippen molar-refractivity contribution in [1.29, 1.82) is 0 Å². The fourth-order valence-electron chi connectivity index (χ4n) is 6.78. The van der Waals surface area contributed by atoms with E-state index in [1.165, 1.54) is 0 Å². The molecule has 4 N–H and O–H groups in total. The minimum atomic E-state index is -4.66. The minimum Gasteiger partial charge on any atom is -0.443 e. The zero-order valence-corrected chi connectivity index (χ0v) is 26.5. The van der Waals surface area contributed by atoms with E-state index in [0.29, 0.717) is 17.5 Å². The highest BCUT2D eigenvalue weighted by Crippen LogP contribution is 2.43. The Morgan fingerprint density at radius 3 is 2.48 bits per heavy atom. The second kappa shape index (κ2) is 14.9. The Balaban J connectivity index is 0.00000480. The van der Waals surface area contributed by atoms with Crippen molar-refractivity contribution >= 4 is 34.2 Å². The number of carbonyl (C=O) groups is 4. The predicted molar refractivity (Wildman–Crippen MR) is 162 cm³/mol. The summed E-state index contributed by atoms with van der Waals surface area (Å²) in [5, 5.41) is 4.96. The molecule has 15 heteroatoms. The van der Waals surface area contributed by atoms with E-state index in [4.69, 9.17) is 19.3 Å². The van der Waals surface area contributed by atoms with Crippen LogP contribution in [0.5, 0.6) is 0 Å². The van der Waals surface area contributed by atoms with Gasteiger partial charge in [-0.1, -0.05) is 50.3 Å². The van der Waals surface area contributed by atoms with Crippen LogP contribution in [0.4, 0.5) is 0 Å². The summed E-state index contributed by atoms with van der Waals surface area (Å²) < 4.78 is 45.5. The van der Waals surface area contributed by atoms with E-state index in [1.807, 2.05) is 7.05 Å². The van der Waals surface area contributed by atoms with E-state index in [0.717, 1.165) is 69.7 Å². The van der Waals surface area contributed by atoms with Crippen molar-refractivity contribution in [2.24, 2.45) is 11.1 Å². The number of fused-ring (bicyclic) bond motifs is 4. The maximum absolute atomic E-state index is 13.8. The molecule has 252 valence electrons. The molecule has 1 aromatic rings. The van der Waals surface area contributed by atoms with Gasteiger partial charge in [0.25, 0.3) is 0 Å². The van der Waals surface area contributed by atoms with Gasteiger partial charge >= 0.3 is 40.1 Å². The van der Waals surface area contributed by atoms with Gasteiger partial charge < -0.3 is 28.8 Å². The van der Waals surface area contributed by atoms with E-state index in [-0.39, 0.29) is 42.4 Å². The molecule has 3 aliphatic heterocycles. The average molecular weight is 664 g/mol. The van der Waals surface area contributed by atoms with Crippen LogP contribution in [-0.2, 0) is 60.2 Å². The molecule has 2 bridgehead atoms. The van der Waals surface area contributed by atoms with Gasteiger partial charge in [0.1, 0.15) is 0 Å². The van der Waals surface area contributed by atoms with Crippen molar-refractivity contribution in [1.82, 2.24) is 9.80 Å². The number of nitrogens with two attached hydrogens (primary N) is 1. The highest BCUT2D eigenvalue weighted by Gasteiger charge is 2.55. The molecule has 2 unspecified atom stereocenters. The predicted octanol–water partition coefficient (Wildman–Crippen LogP) is 1.48. The molecule has 1 aromatic carbocycles. The van der Waals surface area contributed by atoms with Crippen LogP contribution in [0.3, 0.4) is 0 Å². The van der Waals surface area contributed by atoms with Gasteiger partial charge in [-0.2, -0.15) is 18.5 Å². The summed E-state index contributed by atoms with van der Waals surface area (Å²) in [4.78, 5) is 56.3. The number of nitrogens with zero attached hydrogens (tertiary/aromatic N) is 2. The zero-order chi connectivity index (χ0) is 32.2. The number of esters is 3. The van der Waals surface area contributed by atoms with Crippen molar-refractivity contribution in [2.75, 3.05) is 20.1 Å². The lowest BCUT2D eigenvalue weighted by Gasteiger charge is -2.48. The Kier molecular flexibility index (Phi) is 11.4. The molecule has 0 aromatic heterocycles. The van der Waals surface area contributed by atoms with Crippen LogP contribution in [-0.4, -0.2) is 80.0 Å². The molecule has 1 saturated heterocycles. The fourth-order valence-corrected chi connectivity index (χ4v) is 7.09. The third-order valence-corrected chi connectivity index (χ3v) is 9.30. The highest BCUT2D eigenvalue weighted by atomic mass is 32.2. The number of benzene rings is 1. The van der Waals surface area contributed by atoms with Crippen LogP contribution in [0, 0.1) is 5.92 Å². The normalized spacial score (nSPS) is 26.7. The van der Waals surface area contributed by atoms with E-state index >= 15 is 0 Å². The van der Waals surface area contributed by atoms with Crippen LogP contribution >= 0.6 is 0 Å². The standard InChI is InChI=1S/C31H39N3O10S.H2O/c1-33-16-7-11-24(33)15-17-34-26-19-22-10-5-6-12-25(22)31(34,42-28(36)14-13-27(35)41-26)43-29(37)20-23(30(38)44-45(32,39)40)18-21-8-3-2-4-9-21;/h5-6,10,12-14,20-21,24,26H,2-4,7-9,11,15-19H2,1H3,(H2,32,39,40);1H2/b14-13+,23-20+;/t24-,26?,31?;/m0./s1. The molecule has 0 spiro atoms. The molecule has 4 aliphatic rings. The van der Waals surface area contributed by atoms with Crippen molar-refractivity contribution in [3.05, 3.63) is 59.2 Å². The molecule has 5 rings (SSSR count). The smallest absolute Gasteiger partial charge is 0.382 e. The molecule has 1 aliphatic carbocycles. The number of likely N-dealkylation sites (tertiary alicyclic amines) is 1. The third kappa shape index (κ3) is 8.39. The number of hydrogen-bond acceptors (Lipinski definition) is 12. The molecular formula is C31H41N3O11S. The molecule has 46 heavy (non-hydrogen) atoms. The van der Waals surface area contributed by atoms with Crippen LogP contribution in [0.1, 0.15) is 68.9 Å². The van der Waals surface area contributed by atoms with E-state index < -0.39 is 46.3 Å². The summed E-state index contributed by atoms with van der Waals surface area (Å²) >= 11 is 0. The lowest BCUT2D eigenvalue weighted by atomic mass is 9.84. The topological polar surface area (TPSA) is 203 Å². The maximum atomic E-state index is 13.8. The molecular weight excluding hydrogens is 622 g/mol. The molecule has 0 radical (unpaired) electrons. The lowest BCUT2D eigenvalue weighted by Crippen LogP contribution is -2.61. The first-order valence-electron chi connectivity index (χ1n) is 15.3. The highest BCUT2D eigenvalue weighted by molar-refractivity contribution is 7.84. The Morgan fingerprint density at radius 1 is 1.07 bits per heavy atom. The largest absolute Gasteiger partial charge is 0.443 e. The molecule has 2 fully saturated rings. The minimum absolute atomic E-state index is 0. The second-order valence-corrected chi connectivity index (χ2v) is 13.2. The molecule has 1 saturated carbocycles. The Hall–Kier alpha value is -3.63. The Morgan fingerprint density at radius 2 is 1.78 bits per heavy atom. The van der Waals surface area contributed by atoms with Crippen molar-refractivity contribution < 1.29 is 51.5 Å². The maximum Gasteiger partial charge on any atom is 0.382 e. The van der Waals surface area contributed by atoms with Gasteiger partial charge in [0.2, 0.25) is 0 Å². The Labute approximate surface area is 268 Å². The fraction of sp³-hybridized carbons (Fsp3) is 0.548.